The maximum Gasteiger partial charge on any atom is 0.328 e. The van der Waals surface area contributed by atoms with E-state index in [1.54, 1.807) is 18.2 Å². The van der Waals surface area contributed by atoms with Crippen LogP contribution in [-0.4, -0.2) is 40.8 Å². The third-order valence-corrected chi connectivity index (χ3v) is 3.22. The number of amides is 1. The van der Waals surface area contributed by atoms with Crippen molar-refractivity contribution in [3.63, 3.8) is 0 Å². The third kappa shape index (κ3) is 4.66. The van der Waals surface area contributed by atoms with E-state index in [0.29, 0.717) is 15.2 Å². The largest absolute Gasteiger partial charge is 0.480 e. The van der Waals surface area contributed by atoms with Gasteiger partial charge in [0.15, 0.2) is 6.10 Å². The first-order chi connectivity index (χ1) is 9.35. The Morgan fingerprint density at radius 1 is 1.50 bits per heavy atom. The highest BCUT2D eigenvalue weighted by molar-refractivity contribution is 9.10. The Labute approximate surface area is 128 Å². The first kappa shape index (κ1) is 16.7. The molecule has 3 N–H and O–H groups in total. The molecule has 0 aliphatic rings. The molecule has 0 radical (unpaired) electrons. The predicted molar refractivity (Wildman–Crippen MR) is 75.9 cm³/mol. The Balaban J connectivity index is 2.68. The molecule has 2 atom stereocenters. The molecular formula is C12H13BrClNO5. The third-order valence-electron chi connectivity index (χ3n) is 2.36. The number of hydrogen-bond donors (Lipinski definition) is 3. The zero-order valence-corrected chi connectivity index (χ0v) is 12.8. The van der Waals surface area contributed by atoms with Gasteiger partial charge in [-0.3, -0.25) is 4.79 Å². The van der Waals surface area contributed by atoms with Gasteiger partial charge >= 0.3 is 5.97 Å². The van der Waals surface area contributed by atoms with Gasteiger partial charge in [0.05, 0.1) is 11.1 Å². The highest BCUT2D eigenvalue weighted by Crippen LogP contribution is 2.28. The Morgan fingerprint density at radius 2 is 2.15 bits per heavy atom. The molecule has 20 heavy (non-hydrogen) atoms. The van der Waals surface area contributed by atoms with E-state index in [0.717, 1.165) is 0 Å². The lowest BCUT2D eigenvalue weighted by atomic mass is 10.2. The maximum atomic E-state index is 11.7. The van der Waals surface area contributed by atoms with Gasteiger partial charge in [0, 0.05) is 5.02 Å². The van der Waals surface area contributed by atoms with Gasteiger partial charge in [-0.2, -0.15) is 0 Å². The molecule has 0 aliphatic heterocycles. The number of rotatable bonds is 6. The van der Waals surface area contributed by atoms with Crippen LogP contribution in [-0.2, 0) is 9.59 Å². The Hall–Kier alpha value is -1.31. The molecule has 1 unspecified atom stereocenters. The van der Waals surface area contributed by atoms with Crippen LogP contribution in [0.2, 0.25) is 5.02 Å². The van der Waals surface area contributed by atoms with Gasteiger partial charge in [0.1, 0.15) is 11.8 Å². The number of hydrogen-bond acceptors (Lipinski definition) is 4. The van der Waals surface area contributed by atoms with E-state index in [1.807, 2.05) is 0 Å². The fourth-order valence-corrected chi connectivity index (χ4v) is 2.07. The van der Waals surface area contributed by atoms with Gasteiger partial charge < -0.3 is 20.3 Å². The van der Waals surface area contributed by atoms with Crippen molar-refractivity contribution in [2.45, 2.75) is 19.1 Å². The molecular weight excluding hydrogens is 353 g/mol. The zero-order valence-electron chi connectivity index (χ0n) is 10.5. The summed E-state index contributed by atoms with van der Waals surface area (Å²) in [5.74, 6) is -1.57. The van der Waals surface area contributed by atoms with Gasteiger partial charge in [0.2, 0.25) is 0 Å². The molecule has 0 saturated heterocycles. The number of carbonyl (C=O) groups is 2. The van der Waals surface area contributed by atoms with Crippen molar-refractivity contribution in [1.29, 1.82) is 0 Å². The van der Waals surface area contributed by atoms with Gasteiger partial charge in [-0.1, -0.05) is 11.6 Å². The predicted octanol–water partition coefficient (Wildman–Crippen LogP) is 1.43. The number of carbonyl (C=O) groups excluding carboxylic acids is 1. The number of benzene rings is 1. The van der Waals surface area contributed by atoms with Crippen LogP contribution in [0.4, 0.5) is 0 Å². The van der Waals surface area contributed by atoms with E-state index < -0.39 is 30.6 Å². The lowest BCUT2D eigenvalue weighted by molar-refractivity contribution is -0.144. The second-order valence-corrected chi connectivity index (χ2v) is 5.21. The van der Waals surface area contributed by atoms with Crippen molar-refractivity contribution in [2.75, 3.05) is 6.61 Å². The van der Waals surface area contributed by atoms with Crippen LogP contribution in [0.25, 0.3) is 0 Å². The van der Waals surface area contributed by atoms with Crippen LogP contribution in [0.5, 0.6) is 5.75 Å². The van der Waals surface area contributed by atoms with Crippen LogP contribution < -0.4 is 10.1 Å². The summed E-state index contributed by atoms with van der Waals surface area (Å²) >= 11 is 9.02. The summed E-state index contributed by atoms with van der Waals surface area (Å²) in [5.41, 5.74) is 0. The summed E-state index contributed by atoms with van der Waals surface area (Å²) in [6.45, 7) is 0.769. The van der Waals surface area contributed by atoms with E-state index in [9.17, 15) is 9.59 Å². The number of aliphatic carboxylic acids is 1. The topological polar surface area (TPSA) is 95.9 Å². The molecule has 0 heterocycles. The summed E-state index contributed by atoms with van der Waals surface area (Å²) in [4.78, 5) is 22.4. The molecule has 110 valence electrons. The maximum absolute atomic E-state index is 11.7. The van der Waals surface area contributed by atoms with Crippen molar-refractivity contribution < 1.29 is 24.5 Å². The second-order valence-electron chi connectivity index (χ2n) is 3.92. The smallest absolute Gasteiger partial charge is 0.328 e. The fourth-order valence-electron chi connectivity index (χ4n) is 1.29. The number of aliphatic hydroxyl groups is 1. The minimum atomic E-state index is -1.36. The summed E-state index contributed by atoms with van der Waals surface area (Å²) in [5, 5.41) is 20.2. The lowest BCUT2D eigenvalue weighted by Gasteiger charge is -2.18. The molecule has 1 aromatic rings. The van der Waals surface area contributed by atoms with E-state index in [1.165, 1.54) is 6.92 Å². The van der Waals surface area contributed by atoms with Crippen molar-refractivity contribution in [1.82, 2.24) is 5.32 Å². The molecule has 1 amide bonds. The summed E-state index contributed by atoms with van der Waals surface area (Å²) in [6.07, 6.45) is -0.930. The molecule has 0 spiro atoms. The summed E-state index contributed by atoms with van der Waals surface area (Å²) in [6, 6.07) is 3.42. The number of carboxylic acid groups (broad SMARTS) is 1. The lowest BCUT2D eigenvalue weighted by Crippen LogP contribution is -2.48. The Bertz CT molecular complexity index is 511. The minimum Gasteiger partial charge on any atom is -0.480 e. The molecule has 0 saturated carbocycles. The monoisotopic (exact) mass is 365 g/mol. The number of halogens is 2. The fraction of sp³-hybridized carbons (Fsp3) is 0.333. The van der Waals surface area contributed by atoms with Crippen molar-refractivity contribution in [3.8, 4) is 5.75 Å². The first-order valence-electron chi connectivity index (χ1n) is 5.61. The van der Waals surface area contributed by atoms with Gasteiger partial charge in [0.25, 0.3) is 5.91 Å². The van der Waals surface area contributed by atoms with Crippen LogP contribution >= 0.6 is 27.5 Å². The van der Waals surface area contributed by atoms with E-state index in [4.69, 9.17) is 26.6 Å². The molecule has 8 heteroatoms. The van der Waals surface area contributed by atoms with Gasteiger partial charge in [-0.05, 0) is 41.1 Å². The van der Waals surface area contributed by atoms with Crippen LogP contribution in [0, 0.1) is 0 Å². The number of aliphatic hydroxyl groups excluding tert-OH is 1. The van der Waals surface area contributed by atoms with E-state index in [-0.39, 0.29) is 0 Å². The number of carboxylic acids is 1. The number of ether oxygens (including phenoxy) is 1. The molecule has 1 aromatic carbocycles. The quantitative estimate of drug-likeness (QED) is 0.708. The van der Waals surface area contributed by atoms with Crippen LogP contribution in [0.15, 0.2) is 22.7 Å². The van der Waals surface area contributed by atoms with Crippen molar-refractivity contribution >= 4 is 39.4 Å². The highest BCUT2D eigenvalue weighted by atomic mass is 79.9. The van der Waals surface area contributed by atoms with Gasteiger partial charge in [-0.25, -0.2) is 4.79 Å². The average molecular weight is 367 g/mol. The first-order valence-corrected chi connectivity index (χ1v) is 6.78. The number of nitrogens with one attached hydrogen (secondary N) is 1. The molecule has 0 bridgehead atoms. The van der Waals surface area contributed by atoms with Gasteiger partial charge in [-0.15, -0.1) is 0 Å². The highest BCUT2D eigenvalue weighted by Gasteiger charge is 2.23. The SMILES string of the molecule is CC(Oc1ccc(Cl)cc1Br)C(=O)N[C@H](CO)C(=O)O. The standard InChI is InChI=1S/C12H13BrClNO5/c1-6(11(17)15-9(5-16)12(18)19)20-10-3-2-7(14)4-8(10)13/h2-4,6,9,16H,5H2,1H3,(H,15,17)(H,18,19)/t6?,9-/m1/s1. The van der Waals surface area contributed by atoms with E-state index in [2.05, 4.69) is 21.2 Å². The van der Waals surface area contributed by atoms with E-state index >= 15 is 0 Å². The molecule has 0 fully saturated rings. The molecule has 0 aromatic heterocycles. The normalized spacial score (nSPS) is 13.4. The summed E-state index contributed by atoms with van der Waals surface area (Å²) < 4.78 is 5.97. The molecule has 1 rings (SSSR count). The average Bonchev–Trinajstić information content (AvgIpc) is 2.38. The molecule has 0 aliphatic carbocycles. The van der Waals surface area contributed by atoms with Crippen LogP contribution in [0.1, 0.15) is 6.92 Å². The summed E-state index contributed by atoms with van der Waals surface area (Å²) in [7, 11) is 0. The zero-order chi connectivity index (χ0) is 15.3. The van der Waals surface area contributed by atoms with Crippen molar-refractivity contribution in [3.05, 3.63) is 27.7 Å². The van der Waals surface area contributed by atoms with Crippen molar-refractivity contribution in [2.24, 2.45) is 0 Å². The minimum absolute atomic E-state index is 0.396. The molecule has 6 nitrogen and oxygen atoms in total. The Morgan fingerprint density at radius 3 is 2.65 bits per heavy atom. The second kappa shape index (κ2) is 7.47. The Kier molecular flexibility index (Phi) is 6.25. The van der Waals surface area contributed by atoms with Crippen LogP contribution in [0.3, 0.4) is 0 Å².